The van der Waals surface area contributed by atoms with Crippen LogP contribution in [0.15, 0.2) is 10.3 Å². The van der Waals surface area contributed by atoms with E-state index in [0.717, 1.165) is 49.2 Å². The fourth-order valence-corrected chi connectivity index (χ4v) is 5.85. The summed E-state index contributed by atoms with van der Waals surface area (Å²) in [7, 11) is -3.30. The number of aryl methyl sites for hydroxylation is 1. The van der Waals surface area contributed by atoms with E-state index in [1.807, 2.05) is 13.0 Å². The third-order valence-electron chi connectivity index (χ3n) is 3.94. The zero-order valence-corrected chi connectivity index (χ0v) is 14.7. The molecule has 120 valence electrons. The van der Waals surface area contributed by atoms with Gasteiger partial charge in [0.1, 0.15) is 4.21 Å². The molecule has 1 aromatic heterocycles. The topological polar surface area (TPSA) is 49.4 Å². The van der Waals surface area contributed by atoms with Gasteiger partial charge in [-0.1, -0.05) is 26.2 Å². The Kier molecular flexibility index (Phi) is 6.22. The zero-order chi connectivity index (χ0) is 15.3. The van der Waals surface area contributed by atoms with Gasteiger partial charge in [-0.15, -0.1) is 11.3 Å². The smallest absolute Gasteiger partial charge is 0.252 e. The fourth-order valence-electron chi connectivity index (χ4n) is 2.62. The molecule has 0 saturated carbocycles. The Bertz CT molecular complexity index is 544. The van der Waals surface area contributed by atoms with E-state index in [1.54, 1.807) is 4.31 Å². The first kappa shape index (κ1) is 16.9. The summed E-state index contributed by atoms with van der Waals surface area (Å²) in [6.45, 7) is 7.04. The van der Waals surface area contributed by atoms with Crippen LogP contribution in [0, 0.1) is 6.92 Å². The number of thiophene rings is 1. The number of nitrogens with one attached hydrogen (secondary N) is 1. The van der Waals surface area contributed by atoms with Crippen LogP contribution in [-0.2, 0) is 16.6 Å². The predicted octanol–water partition coefficient (Wildman–Crippen LogP) is 3.12. The maximum absolute atomic E-state index is 12.8. The maximum atomic E-state index is 12.8. The van der Waals surface area contributed by atoms with Gasteiger partial charge in [0.2, 0.25) is 0 Å². The third-order valence-corrected chi connectivity index (χ3v) is 7.53. The van der Waals surface area contributed by atoms with Crippen molar-refractivity contribution in [3.05, 3.63) is 16.5 Å². The van der Waals surface area contributed by atoms with Crippen molar-refractivity contribution in [3.63, 3.8) is 0 Å². The summed E-state index contributed by atoms with van der Waals surface area (Å²) < 4.78 is 27.8. The minimum absolute atomic E-state index is 0.508. The lowest BCUT2D eigenvalue weighted by Crippen LogP contribution is -2.33. The molecule has 1 fully saturated rings. The highest BCUT2D eigenvalue weighted by molar-refractivity contribution is 7.91. The lowest BCUT2D eigenvalue weighted by molar-refractivity contribution is 0.365. The minimum atomic E-state index is -3.30. The molecule has 0 radical (unpaired) electrons. The second-order valence-electron chi connectivity index (χ2n) is 5.62. The highest BCUT2D eigenvalue weighted by Crippen LogP contribution is 2.29. The summed E-state index contributed by atoms with van der Waals surface area (Å²) in [5.41, 5.74) is 1.08. The fraction of sp³-hybridized carbons (Fsp3) is 0.733. The van der Waals surface area contributed by atoms with Gasteiger partial charge >= 0.3 is 0 Å². The average Bonchev–Trinajstić information content (AvgIpc) is 2.77. The van der Waals surface area contributed by atoms with Crippen LogP contribution in [0.4, 0.5) is 0 Å². The Labute approximate surface area is 132 Å². The maximum Gasteiger partial charge on any atom is 0.252 e. The quantitative estimate of drug-likeness (QED) is 0.902. The molecule has 6 heteroatoms. The Hall–Kier alpha value is -0.430. The number of sulfonamides is 1. The van der Waals surface area contributed by atoms with Crippen molar-refractivity contribution >= 4 is 21.4 Å². The number of rotatable bonds is 5. The highest BCUT2D eigenvalue weighted by Gasteiger charge is 2.27. The lowest BCUT2D eigenvalue weighted by Gasteiger charge is -2.23. The number of hydrogen-bond acceptors (Lipinski definition) is 4. The second kappa shape index (κ2) is 7.72. The molecule has 0 aromatic carbocycles. The van der Waals surface area contributed by atoms with Crippen molar-refractivity contribution in [1.29, 1.82) is 0 Å². The first-order valence-electron chi connectivity index (χ1n) is 7.86. The molecule has 0 atom stereocenters. The summed E-state index contributed by atoms with van der Waals surface area (Å²) in [4.78, 5) is 1.13. The zero-order valence-electron chi connectivity index (χ0n) is 13.0. The summed E-state index contributed by atoms with van der Waals surface area (Å²) in [5.74, 6) is 0. The first-order chi connectivity index (χ1) is 10.1. The molecule has 0 amide bonds. The van der Waals surface area contributed by atoms with Crippen molar-refractivity contribution < 1.29 is 8.42 Å². The molecule has 1 aliphatic rings. The lowest BCUT2D eigenvalue weighted by atomic mass is 10.1. The van der Waals surface area contributed by atoms with E-state index in [4.69, 9.17) is 0 Å². The van der Waals surface area contributed by atoms with Crippen molar-refractivity contribution in [2.75, 3.05) is 19.6 Å². The van der Waals surface area contributed by atoms with E-state index in [0.29, 0.717) is 17.3 Å². The van der Waals surface area contributed by atoms with E-state index < -0.39 is 10.0 Å². The molecule has 0 aliphatic carbocycles. The van der Waals surface area contributed by atoms with Crippen molar-refractivity contribution in [3.8, 4) is 0 Å². The first-order valence-corrected chi connectivity index (χ1v) is 10.1. The summed E-state index contributed by atoms with van der Waals surface area (Å²) in [6.07, 6.45) is 5.48. The van der Waals surface area contributed by atoms with Gasteiger partial charge in [0.05, 0.1) is 0 Å². The highest BCUT2D eigenvalue weighted by atomic mass is 32.2. The molecule has 4 nitrogen and oxygen atoms in total. The molecule has 2 heterocycles. The molecule has 1 N–H and O–H groups in total. The number of hydrogen-bond donors (Lipinski definition) is 1. The molecule has 1 saturated heterocycles. The molecule has 21 heavy (non-hydrogen) atoms. The summed E-state index contributed by atoms with van der Waals surface area (Å²) in [5, 5.41) is 3.27. The van der Waals surface area contributed by atoms with Crippen molar-refractivity contribution in [1.82, 2.24) is 9.62 Å². The van der Waals surface area contributed by atoms with Crippen LogP contribution in [0.1, 0.15) is 49.5 Å². The van der Waals surface area contributed by atoms with E-state index >= 15 is 0 Å². The molecule has 0 spiro atoms. The van der Waals surface area contributed by atoms with Gasteiger partial charge in [0.25, 0.3) is 10.0 Å². The monoisotopic (exact) mass is 330 g/mol. The van der Waals surface area contributed by atoms with Crippen LogP contribution in [0.5, 0.6) is 0 Å². The van der Waals surface area contributed by atoms with Gasteiger partial charge in [0, 0.05) is 24.5 Å². The van der Waals surface area contributed by atoms with E-state index in [2.05, 4.69) is 12.2 Å². The largest absolute Gasteiger partial charge is 0.312 e. The van der Waals surface area contributed by atoms with Crippen LogP contribution >= 0.6 is 11.3 Å². The Morgan fingerprint density at radius 2 is 1.81 bits per heavy atom. The standard InChI is InChI=1S/C15H26N2O2S2/c1-3-16-12-14-13(2)11-15(20-14)21(18,19)17-9-7-5-4-6-8-10-17/h11,16H,3-10,12H2,1-2H3. The Morgan fingerprint density at radius 1 is 1.19 bits per heavy atom. The van der Waals surface area contributed by atoms with E-state index in [-0.39, 0.29) is 0 Å². The SMILES string of the molecule is CCNCc1sc(S(=O)(=O)N2CCCCCCC2)cc1C. The summed E-state index contributed by atoms with van der Waals surface area (Å²) in [6, 6.07) is 1.84. The van der Waals surface area contributed by atoms with Gasteiger partial charge in [-0.25, -0.2) is 8.42 Å². The number of nitrogens with zero attached hydrogens (tertiary/aromatic N) is 1. The van der Waals surface area contributed by atoms with Gasteiger partial charge in [-0.3, -0.25) is 0 Å². The Morgan fingerprint density at radius 3 is 2.43 bits per heavy atom. The van der Waals surface area contributed by atoms with Crippen LogP contribution in [0.25, 0.3) is 0 Å². The van der Waals surface area contributed by atoms with Gasteiger partial charge in [-0.05, 0) is 37.9 Å². The molecule has 2 rings (SSSR count). The van der Waals surface area contributed by atoms with Gasteiger partial charge in [0.15, 0.2) is 0 Å². The molecule has 1 aliphatic heterocycles. The normalized spacial score (nSPS) is 18.4. The molecule has 0 bridgehead atoms. The van der Waals surface area contributed by atoms with Gasteiger partial charge in [-0.2, -0.15) is 4.31 Å². The molecular weight excluding hydrogens is 304 g/mol. The molecule has 1 aromatic rings. The van der Waals surface area contributed by atoms with E-state index in [9.17, 15) is 8.42 Å². The Balaban J connectivity index is 2.17. The van der Waals surface area contributed by atoms with Crippen LogP contribution in [-0.4, -0.2) is 32.4 Å². The van der Waals surface area contributed by atoms with Crippen LogP contribution < -0.4 is 5.32 Å². The van der Waals surface area contributed by atoms with Crippen molar-refractivity contribution in [2.45, 2.75) is 56.7 Å². The predicted molar refractivity (Wildman–Crippen MR) is 88.3 cm³/mol. The molecular formula is C15H26N2O2S2. The van der Waals surface area contributed by atoms with Gasteiger partial charge < -0.3 is 5.32 Å². The average molecular weight is 331 g/mol. The third kappa shape index (κ3) is 4.28. The van der Waals surface area contributed by atoms with Crippen molar-refractivity contribution in [2.24, 2.45) is 0 Å². The summed E-state index contributed by atoms with van der Waals surface area (Å²) >= 11 is 1.42. The minimum Gasteiger partial charge on any atom is -0.312 e. The van der Waals surface area contributed by atoms with E-state index in [1.165, 1.54) is 17.8 Å². The van der Waals surface area contributed by atoms with Crippen LogP contribution in [0.3, 0.4) is 0 Å². The second-order valence-corrected chi connectivity index (χ2v) is 8.93. The van der Waals surface area contributed by atoms with Crippen LogP contribution in [0.2, 0.25) is 0 Å². The molecule has 0 unspecified atom stereocenters.